The third-order valence-corrected chi connectivity index (χ3v) is 5.92. The smallest absolute Gasteiger partial charge is 0.262 e. The molecule has 0 aliphatic carbocycles. The highest BCUT2D eigenvalue weighted by Gasteiger charge is 2.35. The Balaban J connectivity index is 1.24. The van der Waals surface area contributed by atoms with Crippen LogP contribution >= 0.6 is 0 Å². The Morgan fingerprint density at radius 1 is 1.09 bits per heavy atom. The Kier molecular flexibility index (Phi) is 7.64. The maximum absolute atomic E-state index is 12.5. The highest BCUT2D eigenvalue weighted by Crippen LogP contribution is 2.27. The molecule has 2 fully saturated rings. The van der Waals surface area contributed by atoms with E-state index in [2.05, 4.69) is 10.6 Å². The fourth-order valence-electron chi connectivity index (χ4n) is 4.04. The van der Waals surface area contributed by atoms with E-state index in [-0.39, 0.29) is 42.8 Å². The molecule has 0 radical (unpaired) electrons. The quantitative estimate of drug-likeness (QED) is 0.587. The van der Waals surface area contributed by atoms with Crippen molar-refractivity contribution in [1.82, 2.24) is 5.32 Å². The van der Waals surface area contributed by atoms with E-state index >= 15 is 0 Å². The zero-order chi connectivity index (χ0) is 23.9. The molecular formula is C25H29N3O6. The molecule has 0 spiro atoms. The molecule has 2 N–H and O–H groups in total. The van der Waals surface area contributed by atoms with Gasteiger partial charge < -0.3 is 29.7 Å². The molecule has 2 aromatic rings. The number of anilines is 2. The first-order valence-electron chi connectivity index (χ1n) is 11.4. The Morgan fingerprint density at radius 3 is 2.50 bits per heavy atom. The van der Waals surface area contributed by atoms with Gasteiger partial charge in [-0.3, -0.25) is 14.4 Å². The molecule has 0 unspecified atom stereocenters. The van der Waals surface area contributed by atoms with Gasteiger partial charge in [0, 0.05) is 37.5 Å². The lowest BCUT2D eigenvalue weighted by Crippen LogP contribution is -2.37. The minimum absolute atomic E-state index is 0.0722. The molecule has 0 aromatic heterocycles. The molecular weight excluding hydrogens is 438 g/mol. The van der Waals surface area contributed by atoms with Crippen LogP contribution < -0.4 is 25.0 Å². The molecule has 3 amide bonds. The maximum atomic E-state index is 12.5. The van der Waals surface area contributed by atoms with Crippen LogP contribution in [-0.2, 0) is 19.1 Å². The van der Waals surface area contributed by atoms with Gasteiger partial charge in [-0.15, -0.1) is 0 Å². The van der Waals surface area contributed by atoms with Crippen LogP contribution in [0.25, 0.3) is 0 Å². The van der Waals surface area contributed by atoms with Gasteiger partial charge in [-0.25, -0.2) is 0 Å². The van der Waals surface area contributed by atoms with Crippen molar-refractivity contribution >= 4 is 29.1 Å². The first kappa shape index (κ1) is 23.6. The number of rotatable bonds is 9. The minimum atomic E-state index is -0.383. The van der Waals surface area contributed by atoms with E-state index in [0.717, 1.165) is 19.4 Å². The highest BCUT2D eigenvalue weighted by molar-refractivity contribution is 6.00. The highest BCUT2D eigenvalue weighted by atomic mass is 16.5. The third kappa shape index (κ3) is 6.05. The summed E-state index contributed by atoms with van der Waals surface area (Å²) < 4.78 is 16.2. The number of amides is 3. The van der Waals surface area contributed by atoms with Crippen molar-refractivity contribution in [3.8, 4) is 11.5 Å². The number of carbonyl (C=O) groups excluding carboxylic acids is 3. The zero-order valence-electron chi connectivity index (χ0n) is 19.1. The number of hydrogen-bond donors (Lipinski definition) is 2. The van der Waals surface area contributed by atoms with Crippen molar-refractivity contribution < 1.29 is 28.6 Å². The lowest BCUT2D eigenvalue weighted by atomic mass is 10.1. The Bertz CT molecular complexity index is 1000. The van der Waals surface area contributed by atoms with Gasteiger partial charge in [0.25, 0.3) is 5.91 Å². The topological polar surface area (TPSA) is 106 Å². The number of nitrogens with zero attached hydrogens (tertiary/aromatic N) is 1. The lowest BCUT2D eigenvalue weighted by molar-refractivity contribution is -0.126. The van der Waals surface area contributed by atoms with Crippen molar-refractivity contribution in [2.45, 2.75) is 25.4 Å². The van der Waals surface area contributed by atoms with Crippen LogP contribution in [0.5, 0.6) is 11.5 Å². The molecule has 4 rings (SSSR count). The Morgan fingerprint density at radius 2 is 1.82 bits per heavy atom. The van der Waals surface area contributed by atoms with Gasteiger partial charge in [0.15, 0.2) is 6.61 Å². The number of benzene rings is 2. The molecule has 9 heteroatoms. The number of hydrogen-bond acceptors (Lipinski definition) is 6. The minimum Gasteiger partial charge on any atom is -0.497 e. The van der Waals surface area contributed by atoms with Crippen LogP contribution in [0.15, 0.2) is 48.5 Å². The molecule has 2 saturated heterocycles. The molecule has 2 aromatic carbocycles. The molecule has 9 nitrogen and oxygen atoms in total. The second kappa shape index (κ2) is 11.0. The first-order valence-corrected chi connectivity index (χ1v) is 11.4. The number of nitrogens with one attached hydrogen (secondary N) is 2. The molecule has 2 aliphatic heterocycles. The van der Waals surface area contributed by atoms with Crippen LogP contribution in [0.1, 0.15) is 19.3 Å². The summed E-state index contributed by atoms with van der Waals surface area (Å²) in [5.74, 6) is 0.328. The van der Waals surface area contributed by atoms with Crippen LogP contribution in [-0.4, -0.2) is 57.2 Å². The second-order valence-electron chi connectivity index (χ2n) is 8.34. The summed E-state index contributed by atoms with van der Waals surface area (Å²) >= 11 is 0. The predicted octanol–water partition coefficient (Wildman–Crippen LogP) is 2.36. The second-order valence-corrected chi connectivity index (χ2v) is 8.34. The number of carbonyl (C=O) groups is 3. The van der Waals surface area contributed by atoms with E-state index in [4.69, 9.17) is 14.2 Å². The van der Waals surface area contributed by atoms with Gasteiger partial charge in [-0.1, -0.05) is 0 Å². The SMILES string of the molecule is COc1ccc(NC(=O)COc2ccc(N3C[C@@H](C(=O)NC[C@@H]4CCCO4)CC3=O)cc2)cc1. The summed E-state index contributed by atoms with van der Waals surface area (Å²) in [6.45, 7) is 1.41. The van der Waals surface area contributed by atoms with Gasteiger partial charge in [0.05, 0.1) is 19.1 Å². The van der Waals surface area contributed by atoms with E-state index in [1.54, 1.807) is 60.5 Å². The molecule has 2 heterocycles. The van der Waals surface area contributed by atoms with E-state index < -0.39 is 0 Å². The predicted molar refractivity (Wildman–Crippen MR) is 126 cm³/mol. The van der Waals surface area contributed by atoms with Gasteiger partial charge in [0.2, 0.25) is 11.8 Å². The van der Waals surface area contributed by atoms with E-state index in [1.807, 2.05) is 0 Å². The monoisotopic (exact) mass is 467 g/mol. The number of methoxy groups -OCH3 is 1. The average Bonchev–Trinajstić information content (AvgIpc) is 3.52. The third-order valence-electron chi connectivity index (χ3n) is 5.92. The summed E-state index contributed by atoms with van der Waals surface area (Å²) in [6.07, 6.45) is 2.22. The molecule has 0 bridgehead atoms. The molecule has 34 heavy (non-hydrogen) atoms. The van der Waals surface area contributed by atoms with Crippen LogP contribution in [0.4, 0.5) is 11.4 Å². The summed E-state index contributed by atoms with van der Waals surface area (Å²) in [4.78, 5) is 38.7. The fraction of sp³-hybridized carbons (Fsp3) is 0.400. The van der Waals surface area contributed by atoms with Gasteiger partial charge in [-0.2, -0.15) is 0 Å². The molecule has 2 atom stereocenters. The Hall–Kier alpha value is -3.59. The number of ether oxygens (including phenoxy) is 3. The fourth-order valence-corrected chi connectivity index (χ4v) is 4.04. The summed E-state index contributed by atoms with van der Waals surface area (Å²) in [5.41, 5.74) is 1.33. The first-order chi connectivity index (χ1) is 16.5. The normalized spacial score (nSPS) is 19.7. The molecule has 2 aliphatic rings. The molecule has 0 saturated carbocycles. The van der Waals surface area contributed by atoms with E-state index in [0.29, 0.717) is 36.0 Å². The largest absolute Gasteiger partial charge is 0.497 e. The van der Waals surface area contributed by atoms with Crippen molar-refractivity contribution in [1.29, 1.82) is 0 Å². The molecule has 180 valence electrons. The summed E-state index contributed by atoms with van der Waals surface area (Å²) in [5, 5.41) is 5.66. The Labute approximate surface area is 198 Å². The van der Waals surface area contributed by atoms with Crippen LogP contribution in [0.2, 0.25) is 0 Å². The van der Waals surface area contributed by atoms with Crippen LogP contribution in [0.3, 0.4) is 0 Å². The van der Waals surface area contributed by atoms with Crippen molar-refractivity contribution in [2.75, 3.05) is 43.6 Å². The van der Waals surface area contributed by atoms with E-state index in [1.165, 1.54) is 0 Å². The lowest BCUT2D eigenvalue weighted by Gasteiger charge is -2.18. The van der Waals surface area contributed by atoms with Crippen LogP contribution in [0, 0.1) is 5.92 Å². The maximum Gasteiger partial charge on any atom is 0.262 e. The van der Waals surface area contributed by atoms with Gasteiger partial charge >= 0.3 is 0 Å². The van der Waals surface area contributed by atoms with Crippen molar-refractivity contribution in [3.63, 3.8) is 0 Å². The van der Waals surface area contributed by atoms with Crippen molar-refractivity contribution in [2.24, 2.45) is 5.92 Å². The standard InChI is InChI=1S/C25H29N3O6/c1-32-20-8-4-18(5-9-20)27-23(29)16-34-21-10-6-19(7-11-21)28-15-17(13-24(28)30)25(31)26-14-22-3-2-12-33-22/h4-11,17,22H,2-3,12-16H2,1H3,(H,26,31)(H,27,29)/t17-,22-/m0/s1. The average molecular weight is 468 g/mol. The zero-order valence-corrected chi connectivity index (χ0v) is 19.1. The summed E-state index contributed by atoms with van der Waals surface area (Å²) in [6, 6.07) is 13.9. The van der Waals surface area contributed by atoms with E-state index in [9.17, 15) is 14.4 Å². The summed E-state index contributed by atoms with van der Waals surface area (Å²) in [7, 11) is 1.58. The van der Waals surface area contributed by atoms with Gasteiger partial charge in [0.1, 0.15) is 11.5 Å². The van der Waals surface area contributed by atoms with Crippen molar-refractivity contribution in [3.05, 3.63) is 48.5 Å². The van der Waals surface area contributed by atoms with Gasteiger partial charge in [-0.05, 0) is 61.4 Å².